The van der Waals surface area contributed by atoms with Crippen LogP contribution in [0.4, 0.5) is 33.1 Å². The number of methoxy groups -OCH3 is 3. The Bertz CT molecular complexity index is 1580. The molecule has 42 heavy (non-hydrogen) atoms. The van der Waals surface area contributed by atoms with Gasteiger partial charge in [-0.15, -0.1) is 0 Å². The minimum atomic E-state index is -0.614. The Labute approximate surface area is 243 Å². The van der Waals surface area contributed by atoms with Gasteiger partial charge in [-0.2, -0.15) is 0 Å². The first-order chi connectivity index (χ1) is 20.4. The number of carbonyl (C=O) groups is 1. The van der Waals surface area contributed by atoms with Crippen molar-refractivity contribution in [3.8, 4) is 17.2 Å². The fourth-order valence-electron chi connectivity index (χ4n) is 4.67. The molecular formula is C31H32FN5O5. The lowest BCUT2D eigenvalue weighted by atomic mass is 10.1. The van der Waals surface area contributed by atoms with Gasteiger partial charge in [0, 0.05) is 47.9 Å². The van der Waals surface area contributed by atoms with Crippen molar-refractivity contribution in [1.82, 2.24) is 9.88 Å². The molecule has 1 aromatic heterocycles. The van der Waals surface area contributed by atoms with Crippen LogP contribution in [0.5, 0.6) is 17.2 Å². The Hall–Kier alpha value is -5.03. The van der Waals surface area contributed by atoms with Crippen molar-refractivity contribution in [3.05, 3.63) is 89.2 Å². The number of nitrogens with zero attached hydrogens (tertiary/aromatic N) is 2. The van der Waals surface area contributed by atoms with Gasteiger partial charge in [-0.25, -0.2) is 9.37 Å². The summed E-state index contributed by atoms with van der Waals surface area (Å²) in [5.41, 5.74) is 8.80. The van der Waals surface area contributed by atoms with Crippen LogP contribution in [0.2, 0.25) is 0 Å². The van der Waals surface area contributed by atoms with Gasteiger partial charge in [0.05, 0.1) is 32.9 Å². The molecule has 0 fully saturated rings. The van der Waals surface area contributed by atoms with Gasteiger partial charge in [-0.1, -0.05) is 6.07 Å². The van der Waals surface area contributed by atoms with Gasteiger partial charge in [0.2, 0.25) is 0 Å². The lowest BCUT2D eigenvalue weighted by Crippen LogP contribution is -2.24. The van der Waals surface area contributed by atoms with Gasteiger partial charge >= 0.3 is 0 Å². The molecule has 0 saturated carbocycles. The molecule has 11 heteroatoms. The number of nitrogen functional groups attached to an aromatic ring is 1. The second-order valence-corrected chi connectivity index (χ2v) is 9.56. The summed E-state index contributed by atoms with van der Waals surface area (Å²) in [4.78, 5) is 19.8. The van der Waals surface area contributed by atoms with Gasteiger partial charge in [-0.3, -0.25) is 4.79 Å². The largest absolute Gasteiger partial charge is 0.497 e. The van der Waals surface area contributed by atoms with Crippen LogP contribution in [-0.2, 0) is 17.8 Å². The summed E-state index contributed by atoms with van der Waals surface area (Å²) in [5.74, 6) is 1.07. The zero-order chi connectivity index (χ0) is 29.6. The van der Waals surface area contributed by atoms with Gasteiger partial charge < -0.3 is 40.2 Å². The molecule has 4 N–H and O–H groups in total. The summed E-state index contributed by atoms with van der Waals surface area (Å²) in [7, 11) is 4.72. The lowest BCUT2D eigenvalue weighted by molar-refractivity contribution is 0.0766. The fraction of sp³-hybridized carbons (Fsp3) is 0.226. The van der Waals surface area contributed by atoms with E-state index in [9.17, 15) is 4.79 Å². The monoisotopic (exact) mass is 573 g/mol. The van der Waals surface area contributed by atoms with E-state index in [0.717, 1.165) is 5.56 Å². The molecular weight excluding hydrogens is 541 g/mol. The third-order valence-electron chi connectivity index (χ3n) is 6.76. The standard InChI is InChI=1S/C31H32FN5O5/c1-39-13-14-42-23-11-8-21(9-12-23)34-29-27-25(28(32)30(36-29)35-22-6-4-5-20(33)15-22)18-37(31(27)38)17-19-7-10-24(40-2)16-26(19)41-3/h4-12,15-16H,13-14,17-18,33H2,1-3H3,(H2,34,35,36). The number of fused-ring (bicyclic) bond motifs is 1. The number of carbonyl (C=O) groups excluding carboxylic acids is 1. The molecule has 218 valence electrons. The van der Waals surface area contributed by atoms with Crippen molar-refractivity contribution in [2.24, 2.45) is 0 Å². The number of rotatable bonds is 12. The van der Waals surface area contributed by atoms with Crippen molar-refractivity contribution in [2.45, 2.75) is 13.1 Å². The number of nitrogens with two attached hydrogens (primary N) is 1. The summed E-state index contributed by atoms with van der Waals surface area (Å²) in [5, 5.41) is 6.22. The van der Waals surface area contributed by atoms with Crippen molar-refractivity contribution in [2.75, 3.05) is 50.9 Å². The van der Waals surface area contributed by atoms with Crippen LogP contribution in [0.15, 0.2) is 66.7 Å². The van der Waals surface area contributed by atoms with Crippen molar-refractivity contribution < 1.29 is 28.1 Å². The minimum Gasteiger partial charge on any atom is -0.497 e. The number of hydrogen-bond donors (Lipinski definition) is 3. The van der Waals surface area contributed by atoms with Crippen molar-refractivity contribution >= 4 is 34.6 Å². The summed E-state index contributed by atoms with van der Waals surface area (Å²) in [6.07, 6.45) is 0. The number of halogens is 1. The number of amides is 1. The van der Waals surface area contributed by atoms with Gasteiger partial charge in [0.25, 0.3) is 5.91 Å². The number of benzene rings is 3. The summed E-state index contributed by atoms with van der Waals surface area (Å²) < 4.78 is 37.4. The van der Waals surface area contributed by atoms with E-state index in [1.165, 1.54) is 0 Å². The number of anilines is 5. The zero-order valence-corrected chi connectivity index (χ0v) is 23.6. The highest BCUT2D eigenvalue weighted by Gasteiger charge is 2.36. The highest BCUT2D eigenvalue weighted by molar-refractivity contribution is 6.04. The van der Waals surface area contributed by atoms with E-state index < -0.39 is 5.82 Å². The van der Waals surface area contributed by atoms with E-state index in [4.69, 9.17) is 24.7 Å². The number of pyridine rings is 1. The maximum atomic E-state index is 16.0. The molecule has 0 radical (unpaired) electrons. The molecule has 0 atom stereocenters. The first-order valence-corrected chi connectivity index (χ1v) is 13.2. The molecule has 0 spiro atoms. The minimum absolute atomic E-state index is 0.0296. The SMILES string of the molecule is COCCOc1ccc(Nc2nc(Nc3cccc(N)c3)c(F)c3c2C(=O)N(Cc2ccc(OC)cc2OC)C3)cc1. The Morgan fingerprint density at radius 1 is 0.905 bits per heavy atom. The molecule has 1 amide bonds. The highest BCUT2D eigenvalue weighted by atomic mass is 19.1. The smallest absolute Gasteiger partial charge is 0.258 e. The number of aromatic nitrogens is 1. The molecule has 2 heterocycles. The average molecular weight is 574 g/mol. The van der Waals surface area contributed by atoms with Crippen molar-refractivity contribution in [3.63, 3.8) is 0 Å². The molecule has 3 aromatic carbocycles. The third-order valence-corrected chi connectivity index (χ3v) is 6.76. The summed E-state index contributed by atoms with van der Waals surface area (Å²) in [6.45, 7) is 1.13. The molecule has 0 bridgehead atoms. The van der Waals surface area contributed by atoms with E-state index in [1.807, 2.05) is 6.07 Å². The van der Waals surface area contributed by atoms with Gasteiger partial charge in [-0.05, 0) is 54.6 Å². The van der Waals surface area contributed by atoms with Crippen LogP contribution in [0.25, 0.3) is 0 Å². The number of nitrogens with one attached hydrogen (secondary N) is 2. The third kappa shape index (κ3) is 6.16. The van der Waals surface area contributed by atoms with E-state index >= 15 is 4.39 Å². The predicted octanol–water partition coefficient (Wildman–Crippen LogP) is 5.49. The highest BCUT2D eigenvalue weighted by Crippen LogP contribution is 2.38. The lowest BCUT2D eigenvalue weighted by Gasteiger charge is -2.18. The van der Waals surface area contributed by atoms with Crippen LogP contribution >= 0.6 is 0 Å². The summed E-state index contributed by atoms with van der Waals surface area (Å²) >= 11 is 0. The van der Waals surface area contributed by atoms with E-state index in [-0.39, 0.29) is 41.8 Å². The zero-order valence-electron chi connectivity index (χ0n) is 23.6. The predicted molar refractivity (Wildman–Crippen MR) is 159 cm³/mol. The molecule has 0 saturated heterocycles. The Kier molecular flexibility index (Phi) is 8.58. The Balaban J connectivity index is 1.48. The van der Waals surface area contributed by atoms with Gasteiger partial charge in [0.1, 0.15) is 29.7 Å². The van der Waals surface area contributed by atoms with Crippen LogP contribution in [0.3, 0.4) is 0 Å². The van der Waals surface area contributed by atoms with Crippen LogP contribution in [0.1, 0.15) is 21.5 Å². The number of hydrogen-bond acceptors (Lipinski definition) is 9. The molecule has 10 nitrogen and oxygen atoms in total. The topological polar surface area (TPSA) is 120 Å². The maximum Gasteiger partial charge on any atom is 0.258 e. The maximum absolute atomic E-state index is 16.0. The van der Waals surface area contributed by atoms with E-state index in [0.29, 0.717) is 47.5 Å². The van der Waals surface area contributed by atoms with Crippen molar-refractivity contribution in [1.29, 1.82) is 0 Å². The quantitative estimate of drug-likeness (QED) is 0.149. The first kappa shape index (κ1) is 28.5. The Morgan fingerprint density at radius 3 is 2.38 bits per heavy atom. The Morgan fingerprint density at radius 2 is 1.67 bits per heavy atom. The molecule has 1 aliphatic heterocycles. The normalized spacial score (nSPS) is 12.2. The van der Waals surface area contributed by atoms with Gasteiger partial charge in [0.15, 0.2) is 11.6 Å². The molecule has 1 aliphatic rings. The molecule has 5 rings (SSSR count). The van der Waals surface area contributed by atoms with Crippen LogP contribution in [0, 0.1) is 5.82 Å². The molecule has 4 aromatic rings. The summed E-state index contributed by atoms with van der Waals surface area (Å²) in [6, 6.07) is 19.5. The van der Waals surface area contributed by atoms with E-state index in [2.05, 4.69) is 15.6 Å². The van der Waals surface area contributed by atoms with E-state index in [1.54, 1.807) is 86.9 Å². The van der Waals surface area contributed by atoms with Crippen LogP contribution < -0.4 is 30.6 Å². The molecule has 0 aliphatic carbocycles. The fourth-order valence-corrected chi connectivity index (χ4v) is 4.67. The number of ether oxygens (including phenoxy) is 4. The average Bonchev–Trinajstić information content (AvgIpc) is 3.32. The molecule has 0 unspecified atom stereocenters. The second-order valence-electron chi connectivity index (χ2n) is 9.56. The second kappa shape index (κ2) is 12.6. The first-order valence-electron chi connectivity index (χ1n) is 13.2. The van der Waals surface area contributed by atoms with Crippen LogP contribution in [-0.4, -0.2) is 50.3 Å².